The van der Waals surface area contributed by atoms with Gasteiger partial charge in [-0.05, 0) is 66.2 Å². The lowest BCUT2D eigenvalue weighted by Gasteiger charge is -2.25. The van der Waals surface area contributed by atoms with E-state index in [9.17, 15) is 9.59 Å². The van der Waals surface area contributed by atoms with Crippen molar-refractivity contribution in [2.75, 3.05) is 12.8 Å². The van der Waals surface area contributed by atoms with Crippen LogP contribution in [-0.4, -0.2) is 30.4 Å². The van der Waals surface area contributed by atoms with Crippen molar-refractivity contribution >= 4 is 17.7 Å². The molecule has 7 nitrogen and oxygen atoms in total. The third kappa shape index (κ3) is 8.66. The zero-order chi connectivity index (χ0) is 20.8. The third-order valence-electron chi connectivity index (χ3n) is 3.38. The number of nitrogen functional groups attached to an aromatic ring is 1. The van der Waals surface area contributed by atoms with Gasteiger partial charge in [0.05, 0.1) is 13.2 Å². The van der Waals surface area contributed by atoms with Gasteiger partial charge >= 0.3 is 12.1 Å². The van der Waals surface area contributed by atoms with Crippen LogP contribution in [0.5, 0.6) is 5.75 Å². The summed E-state index contributed by atoms with van der Waals surface area (Å²) in [7, 11) is 1.54. The van der Waals surface area contributed by atoms with Gasteiger partial charge in [-0.15, -0.1) is 0 Å². The van der Waals surface area contributed by atoms with Crippen molar-refractivity contribution in [3.8, 4) is 5.75 Å². The number of rotatable bonds is 6. The van der Waals surface area contributed by atoms with Crippen molar-refractivity contribution in [2.24, 2.45) is 0 Å². The molecule has 1 aromatic carbocycles. The summed E-state index contributed by atoms with van der Waals surface area (Å²) in [6.07, 6.45) is -0.148. The molecule has 1 rings (SSSR count). The Morgan fingerprint density at radius 2 is 1.67 bits per heavy atom. The quantitative estimate of drug-likeness (QED) is 0.572. The first kappa shape index (κ1) is 22.6. The molecule has 3 N–H and O–H groups in total. The van der Waals surface area contributed by atoms with Crippen molar-refractivity contribution in [1.29, 1.82) is 0 Å². The number of esters is 1. The van der Waals surface area contributed by atoms with Gasteiger partial charge in [-0.3, -0.25) is 4.79 Å². The van der Waals surface area contributed by atoms with Crippen molar-refractivity contribution in [2.45, 2.75) is 71.6 Å². The topological polar surface area (TPSA) is 99.9 Å². The number of anilines is 1. The lowest BCUT2D eigenvalue weighted by molar-refractivity contribution is -0.155. The molecule has 0 aliphatic heterocycles. The highest BCUT2D eigenvalue weighted by atomic mass is 16.6. The number of hydrogen-bond donors (Lipinski definition) is 2. The van der Waals surface area contributed by atoms with Crippen molar-refractivity contribution < 1.29 is 23.8 Å². The Labute approximate surface area is 161 Å². The average Bonchev–Trinajstić information content (AvgIpc) is 2.47. The highest BCUT2D eigenvalue weighted by molar-refractivity contribution is 5.71. The highest BCUT2D eigenvalue weighted by Crippen LogP contribution is 2.31. The smallest absolute Gasteiger partial charge is 0.408 e. The second-order valence-corrected chi connectivity index (χ2v) is 8.33. The summed E-state index contributed by atoms with van der Waals surface area (Å²) in [4.78, 5) is 24.4. The number of amides is 1. The van der Waals surface area contributed by atoms with Gasteiger partial charge in [0.15, 0.2) is 0 Å². The second-order valence-electron chi connectivity index (χ2n) is 8.33. The van der Waals surface area contributed by atoms with Crippen molar-refractivity contribution in [3.63, 3.8) is 0 Å². The minimum Gasteiger partial charge on any atom is -0.496 e. The van der Waals surface area contributed by atoms with Crippen LogP contribution in [0.25, 0.3) is 0 Å². The van der Waals surface area contributed by atoms with Crippen LogP contribution >= 0.6 is 0 Å². The molecule has 0 aliphatic rings. The van der Waals surface area contributed by atoms with Crippen LogP contribution in [0, 0.1) is 0 Å². The van der Waals surface area contributed by atoms with Gasteiger partial charge in [0.1, 0.15) is 17.0 Å². The Kier molecular flexibility index (Phi) is 7.51. The molecule has 7 heteroatoms. The largest absolute Gasteiger partial charge is 0.496 e. The molecule has 0 saturated heterocycles. The van der Waals surface area contributed by atoms with Crippen molar-refractivity contribution in [3.05, 3.63) is 23.8 Å². The minimum absolute atomic E-state index is 0.121. The van der Waals surface area contributed by atoms with E-state index < -0.39 is 23.3 Å². The van der Waals surface area contributed by atoms with E-state index in [-0.39, 0.29) is 12.4 Å². The van der Waals surface area contributed by atoms with E-state index in [1.165, 1.54) is 7.11 Å². The van der Waals surface area contributed by atoms with Gasteiger partial charge in [-0.25, -0.2) is 4.79 Å². The van der Waals surface area contributed by atoms with Gasteiger partial charge in [0, 0.05) is 17.7 Å². The molecule has 0 bridgehead atoms. The zero-order valence-electron chi connectivity index (χ0n) is 17.3. The van der Waals surface area contributed by atoms with Gasteiger partial charge in [-0.2, -0.15) is 0 Å². The molecule has 0 radical (unpaired) electrons. The molecule has 1 atom stereocenters. The molecule has 0 aliphatic carbocycles. The first-order valence-corrected chi connectivity index (χ1v) is 8.95. The molecule has 0 aromatic heterocycles. The molecule has 0 saturated carbocycles. The summed E-state index contributed by atoms with van der Waals surface area (Å²) in [6.45, 7) is 10.8. The number of alkyl carbamates (subject to hydrolysis) is 1. The predicted molar refractivity (Wildman–Crippen MR) is 105 cm³/mol. The number of benzene rings is 1. The van der Waals surface area contributed by atoms with Gasteiger partial charge in [-0.1, -0.05) is 0 Å². The van der Waals surface area contributed by atoms with E-state index in [0.717, 1.165) is 0 Å². The van der Waals surface area contributed by atoms with E-state index in [0.29, 0.717) is 23.4 Å². The molecule has 152 valence electrons. The number of methoxy groups -OCH3 is 1. The second kappa shape index (κ2) is 8.97. The van der Waals surface area contributed by atoms with E-state index in [1.807, 2.05) is 20.8 Å². The molecular formula is C20H32N2O5. The maximum atomic E-state index is 12.3. The van der Waals surface area contributed by atoms with Gasteiger partial charge < -0.3 is 25.3 Å². The molecule has 0 heterocycles. The predicted octanol–water partition coefficient (Wildman–Crippen LogP) is 3.97. The van der Waals surface area contributed by atoms with Crippen LogP contribution in [0.15, 0.2) is 18.2 Å². The highest BCUT2D eigenvalue weighted by Gasteiger charge is 2.25. The van der Waals surface area contributed by atoms with Crippen LogP contribution in [0.4, 0.5) is 10.5 Å². The fourth-order valence-electron chi connectivity index (χ4n) is 2.44. The molecule has 1 aromatic rings. The Hall–Kier alpha value is -2.44. The molecular weight excluding hydrogens is 348 g/mol. The Bertz CT molecular complexity index is 659. The number of nitrogens with one attached hydrogen (secondary N) is 1. The Morgan fingerprint density at radius 1 is 1.07 bits per heavy atom. The van der Waals surface area contributed by atoms with Gasteiger partial charge in [0.2, 0.25) is 0 Å². The van der Waals surface area contributed by atoms with Crippen LogP contribution in [0.1, 0.15) is 66.0 Å². The monoisotopic (exact) mass is 380 g/mol. The van der Waals surface area contributed by atoms with Crippen LogP contribution in [0.3, 0.4) is 0 Å². The van der Waals surface area contributed by atoms with E-state index in [4.69, 9.17) is 19.9 Å². The lowest BCUT2D eigenvalue weighted by atomic mass is 10.00. The normalized spacial score (nSPS) is 12.9. The first-order chi connectivity index (χ1) is 12.3. The summed E-state index contributed by atoms with van der Waals surface area (Å²) >= 11 is 0. The fourth-order valence-corrected chi connectivity index (χ4v) is 2.44. The molecule has 1 unspecified atom stereocenters. The van der Waals surface area contributed by atoms with E-state index in [2.05, 4.69) is 5.32 Å². The third-order valence-corrected chi connectivity index (χ3v) is 3.38. The number of carbonyl (C=O) groups excluding carboxylic acids is 2. The Balaban J connectivity index is 3.01. The standard InChI is InChI=1S/C20H32N2O5/c1-19(2,3)26-17(23)11-9-15(22-18(24)27-20(4,5)6)14-12-13(21)8-10-16(14)25-7/h8,10,12,15H,9,11,21H2,1-7H3,(H,22,24). The number of carbonyl (C=O) groups is 2. The summed E-state index contributed by atoms with van der Waals surface area (Å²) in [5.41, 5.74) is 5.89. The first-order valence-electron chi connectivity index (χ1n) is 8.95. The number of nitrogens with two attached hydrogens (primary N) is 1. The summed E-state index contributed by atoms with van der Waals surface area (Å²) in [6, 6.07) is 4.63. The Morgan fingerprint density at radius 3 is 2.19 bits per heavy atom. The molecule has 27 heavy (non-hydrogen) atoms. The van der Waals surface area contributed by atoms with E-state index >= 15 is 0 Å². The minimum atomic E-state index is -0.639. The lowest BCUT2D eigenvalue weighted by Crippen LogP contribution is -2.35. The summed E-state index contributed by atoms with van der Waals surface area (Å²) in [5.74, 6) is 0.218. The fraction of sp³-hybridized carbons (Fsp3) is 0.600. The van der Waals surface area contributed by atoms with E-state index in [1.54, 1.807) is 39.0 Å². The van der Waals surface area contributed by atoms with Crippen LogP contribution < -0.4 is 15.8 Å². The molecule has 0 fully saturated rings. The van der Waals surface area contributed by atoms with Crippen molar-refractivity contribution in [1.82, 2.24) is 5.32 Å². The number of ether oxygens (including phenoxy) is 3. The summed E-state index contributed by atoms with van der Waals surface area (Å²) in [5, 5.41) is 2.81. The van der Waals surface area contributed by atoms with Gasteiger partial charge in [0.25, 0.3) is 0 Å². The maximum Gasteiger partial charge on any atom is 0.408 e. The molecule has 0 spiro atoms. The van der Waals surface area contributed by atoms with Crippen LogP contribution in [-0.2, 0) is 14.3 Å². The maximum absolute atomic E-state index is 12.3. The number of hydrogen-bond acceptors (Lipinski definition) is 6. The zero-order valence-corrected chi connectivity index (χ0v) is 17.3. The van der Waals surface area contributed by atoms with Crippen LogP contribution in [0.2, 0.25) is 0 Å². The molecule has 1 amide bonds. The average molecular weight is 380 g/mol. The summed E-state index contributed by atoms with van der Waals surface area (Å²) < 4.78 is 16.1. The SMILES string of the molecule is COc1ccc(N)cc1C(CCC(=O)OC(C)(C)C)NC(=O)OC(C)(C)C.